The van der Waals surface area contributed by atoms with Gasteiger partial charge in [0.1, 0.15) is 0 Å². The van der Waals surface area contributed by atoms with Crippen molar-refractivity contribution >= 4 is 43.0 Å². The Bertz CT molecular complexity index is 464. The molecule has 3 nitrogen and oxygen atoms in total. The topological polar surface area (TPSA) is 27.7 Å². The van der Waals surface area contributed by atoms with Crippen LogP contribution < -0.4 is 0 Å². The summed E-state index contributed by atoms with van der Waals surface area (Å²) in [7, 11) is -5.01. The van der Waals surface area contributed by atoms with Crippen molar-refractivity contribution in [2.45, 2.75) is 149 Å². The highest BCUT2D eigenvalue weighted by Crippen LogP contribution is 2.46. The van der Waals surface area contributed by atoms with E-state index < -0.39 is 33.8 Å². The summed E-state index contributed by atoms with van der Waals surface area (Å²) in [4.78, 5) is 0. The van der Waals surface area contributed by atoms with Crippen molar-refractivity contribution < 1.29 is 12.3 Å². The Hall–Kier alpha value is 1.18. The molecule has 0 amide bonds. The molecule has 0 bridgehead atoms. The highest BCUT2D eigenvalue weighted by atomic mass is 31.0. The zero-order valence-corrected chi connectivity index (χ0v) is 29.1. The van der Waals surface area contributed by atoms with Gasteiger partial charge in [0, 0.05) is 6.04 Å². The van der Waals surface area contributed by atoms with Crippen LogP contribution in [0.4, 0.5) is 0 Å². The molecule has 0 heterocycles. The van der Waals surface area contributed by atoms with Gasteiger partial charge in [-0.2, -0.15) is 0 Å². The van der Waals surface area contributed by atoms with E-state index in [0.29, 0.717) is 5.92 Å². The van der Waals surface area contributed by atoms with Crippen molar-refractivity contribution in [3.05, 3.63) is 0 Å². The van der Waals surface area contributed by atoms with Crippen LogP contribution in [0, 0.1) is 5.92 Å². The third-order valence-electron chi connectivity index (χ3n) is 5.59. The largest absolute Gasteiger partial charge is 0.469 e. The van der Waals surface area contributed by atoms with Gasteiger partial charge in [-0.15, -0.1) is 9.24 Å². The summed E-state index contributed by atoms with van der Waals surface area (Å²) in [6, 6.07) is 0.989. The maximum absolute atomic E-state index is 7.09. The van der Waals surface area contributed by atoms with Gasteiger partial charge in [0.05, 0.1) is 0 Å². The first kappa shape index (κ1) is 33.2. The summed E-state index contributed by atoms with van der Waals surface area (Å²) in [5.74, 6) is 0.571. The highest BCUT2D eigenvalue weighted by Gasteiger charge is 2.53. The van der Waals surface area contributed by atoms with E-state index in [2.05, 4.69) is 88.9 Å². The van der Waals surface area contributed by atoms with Gasteiger partial charge < -0.3 is 12.3 Å². The summed E-state index contributed by atoms with van der Waals surface area (Å²) in [5, 5.41) is 0.258. The first-order valence-electron chi connectivity index (χ1n) is 13.3. The van der Waals surface area contributed by atoms with Gasteiger partial charge in [0.25, 0.3) is 0 Å². The minimum absolute atomic E-state index is 0.258. The van der Waals surface area contributed by atoms with E-state index in [1.54, 1.807) is 0 Å². The Morgan fingerprint density at radius 2 is 0.969 bits per heavy atom. The molecule has 0 saturated heterocycles. The van der Waals surface area contributed by atoms with E-state index in [4.69, 9.17) is 12.3 Å². The first-order valence-corrected chi connectivity index (χ1v) is 26.0. The summed E-state index contributed by atoms with van der Waals surface area (Å²) < 4.78 is 21.3. The summed E-state index contributed by atoms with van der Waals surface area (Å²) in [5.41, 5.74) is 0. The molecule has 0 radical (unpaired) electrons. The first-order chi connectivity index (χ1) is 14.4. The monoisotopic (exact) mass is 538 g/mol. The molecule has 194 valence electrons. The van der Waals surface area contributed by atoms with E-state index in [9.17, 15) is 0 Å². The maximum atomic E-state index is 7.09. The lowest BCUT2D eigenvalue weighted by atomic mass is 9.81. The molecule has 0 aliphatic heterocycles. The number of unbranched alkanes of at least 4 members (excludes halogenated alkanes) is 3. The van der Waals surface area contributed by atoms with Crippen LogP contribution in [0.1, 0.15) is 78.6 Å². The second-order valence-electron chi connectivity index (χ2n) is 12.8. The third-order valence-corrected chi connectivity index (χ3v) is 18.7. The second kappa shape index (κ2) is 14.1. The smallest absolute Gasteiger partial charge is 0.417 e. The van der Waals surface area contributed by atoms with Crippen LogP contribution in [-0.4, -0.2) is 38.9 Å². The molecule has 0 saturated carbocycles. The van der Waals surface area contributed by atoms with Crippen LogP contribution in [0.25, 0.3) is 0 Å². The van der Waals surface area contributed by atoms with Crippen LogP contribution in [0.5, 0.6) is 0 Å². The number of hydrogen-bond acceptors (Lipinski definition) is 3. The fourth-order valence-electron chi connectivity index (χ4n) is 4.48. The summed E-state index contributed by atoms with van der Waals surface area (Å²) in [6.07, 6.45) is 11.4. The Labute approximate surface area is 209 Å². The van der Waals surface area contributed by atoms with Gasteiger partial charge in [-0.3, -0.25) is 0 Å². The molecule has 8 heteroatoms. The van der Waals surface area contributed by atoms with Crippen molar-refractivity contribution in [2.75, 3.05) is 0 Å². The van der Waals surface area contributed by atoms with Crippen LogP contribution in [-0.2, 0) is 12.3 Å². The zero-order chi connectivity index (χ0) is 25.3. The molecular weight excluding hydrogens is 480 g/mol. The molecule has 2 unspecified atom stereocenters. The molecule has 0 fully saturated rings. The van der Waals surface area contributed by atoms with Gasteiger partial charge in [-0.25, -0.2) is 0 Å². The quantitative estimate of drug-likeness (QED) is 0.128. The van der Waals surface area contributed by atoms with E-state index in [1.807, 2.05) is 0 Å². The molecule has 0 aliphatic carbocycles. The molecular formula is C24H59O3PSi4. The number of rotatable bonds is 18. The molecule has 0 aromatic carbocycles. The lowest BCUT2D eigenvalue weighted by Gasteiger charge is -2.47. The molecule has 32 heavy (non-hydrogen) atoms. The van der Waals surface area contributed by atoms with Gasteiger partial charge in [0.2, 0.25) is 0 Å². The lowest BCUT2D eigenvalue weighted by molar-refractivity contribution is 0.220. The Morgan fingerprint density at radius 1 is 0.625 bits per heavy atom. The molecule has 0 rings (SSSR count). The minimum atomic E-state index is -2.83. The average Bonchev–Trinajstić information content (AvgIpc) is 2.57. The third kappa shape index (κ3) is 14.5. The maximum Gasteiger partial charge on any atom is 0.469 e. The van der Waals surface area contributed by atoms with Crippen LogP contribution in [0.2, 0.25) is 65.0 Å². The SMILES string of the molecule is CCCCC(C[Si](O[Si](C)(C)C)(O[Si](C)(C)C)O[Si](C)(C)C)C(P)(CCCC)CCCC. The molecule has 0 N–H and O–H groups in total. The van der Waals surface area contributed by atoms with Gasteiger partial charge in [-0.1, -0.05) is 59.3 Å². The predicted molar refractivity (Wildman–Crippen MR) is 158 cm³/mol. The van der Waals surface area contributed by atoms with Crippen molar-refractivity contribution in [3.63, 3.8) is 0 Å². The summed E-state index contributed by atoms with van der Waals surface area (Å²) in [6.45, 7) is 27.7. The molecule has 0 aliphatic rings. The molecule has 0 aromatic rings. The van der Waals surface area contributed by atoms with Crippen LogP contribution in [0.15, 0.2) is 0 Å². The Kier molecular flexibility index (Phi) is 14.6. The average molecular weight is 539 g/mol. The highest BCUT2D eigenvalue weighted by molar-refractivity contribution is 7.19. The fraction of sp³-hybridized carbons (Fsp3) is 1.00. The van der Waals surface area contributed by atoms with Crippen molar-refractivity contribution in [2.24, 2.45) is 5.92 Å². The van der Waals surface area contributed by atoms with Crippen molar-refractivity contribution in [3.8, 4) is 0 Å². The Balaban J connectivity index is 6.44. The van der Waals surface area contributed by atoms with E-state index in [-0.39, 0.29) is 5.16 Å². The zero-order valence-electron chi connectivity index (χ0n) is 24.0. The Morgan fingerprint density at radius 3 is 1.25 bits per heavy atom. The normalized spacial score (nSPS) is 15.3. The van der Waals surface area contributed by atoms with E-state index >= 15 is 0 Å². The van der Waals surface area contributed by atoms with E-state index in [1.165, 1.54) is 57.8 Å². The van der Waals surface area contributed by atoms with Crippen molar-refractivity contribution in [1.82, 2.24) is 0 Å². The minimum Gasteiger partial charge on any atom is -0.417 e. The van der Waals surface area contributed by atoms with Crippen LogP contribution in [0.3, 0.4) is 0 Å². The molecule has 0 aromatic heterocycles. The summed E-state index contributed by atoms with van der Waals surface area (Å²) >= 11 is 0. The fourth-order valence-corrected chi connectivity index (χ4v) is 20.4. The van der Waals surface area contributed by atoms with Crippen molar-refractivity contribution in [1.29, 1.82) is 0 Å². The molecule has 2 atom stereocenters. The lowest BCUT2D eigenvalue weighted by Crippen LogP contribution is -2.62. The molecule has 0 spiro atoms. The second-order valence-corrected chi connectivity index (χ2v) is 30.9. The standard InChI is InChI=1S/C24H59O3PSi4/c1-13-16-19-23(24(28,20-17-14-2)21-18-15-3)22-32(25-29(4,5)6,26-30(7,8)9)27-31(10,11)12/h23H,13-22,28H2,1-12H3. The van der Waals surface area contributed by atoms with Gasteiger partial charge in [0.15, 0.2) is 25.0 Å². The van der Waals surface area contributed by atoms with Gasteiger partial charge in [-0.05, 0) is 89.3 Å². The van der Waals surface area contributed by atoms with Gasteiger partial charge >= 0.3 is 8.80 Å². The van der Waals surface area contributed by atoms with Crippen LogP contribution >= 0.6 is 9.24 Å². The number of hydrogen-bond donors (Lipinski definition) is 0. The van der Waals surface area contributed by atoms with E-state index in [0.717, 1.165) is 6.04 Å². The predicted octanol–water partition coefficient (Wildman–Crippen LogP) is 9.28.